The summed E-state index contributed by atoms with van der Waals surface area (Å²) in [4.78, 5) is 2.50. The van der Waals surface area contributed by atoms with Gasteiger partial charge in [-0.1, -0.05) is 35.8 Å². The summed E-state index contributed by atoms with van der Waals surface area (Å²) in [5, 5.41) is 3.37. The number of benzene rings is 1. The Kier molecular flexibility index (Phi) is 5.13. The van der Waals surface area contributed by atoms with Crippen LogP contribution in [0.1, 0.15) is 35.2 Å². The van der Waals surface area contributed by atoms with Crippen LogP contribution in [0.2, 0.25) is 0 Å². The molecular formula is C15H17BrFNS. The Balaban J connectivity index is 2.38. The number of aryl methyl sites for hydroxylation is 1. The summed E-state index contributed by atoms with van der Waals surface area (Å²) in [5.74, 6) is -0.174. The highest BCUT2D eigenvalue weighted by molar-refractivity contribution is 9.10. The maximum Gasteiger partial charge on any atom is 0.129 e. The van der Waals surface area contributed by atoms with Crippen LogP contribution >= 0.6 is 27.3 Å². The Hall–Kier alpha value is -0.710. The Morgan fingerprint density at radius 2 is 2.05 bits per heavy atom. The predicted molar refractivity (Wildman–Crippen MR) is 83.3 cm³/mol. The summed E-state index contributed by atoms with van der Waals surface area (Å²) >= 11 is 5.05. The molecule has 0 saturated carbocycles. The molecule has 1 atom stereocenters. The van der Waals surface area contributed by atoms with E-state index in [9.17, 15) is 4.39 Å². The van der Waals surface area contributed by atoms with Crippen molar-refractivity contribution in [1.29, 1.82) is 0 Å². The molecule has 0 radical (unpaired) electrons. The largest absolute Gasteiger partial charge is 0.306 e. The van der Waals surface area contributed by atoms with Crippen LogP contribution in [0.25, 0.3) is 0 Å². The molecule has 1 unspecified atom stereocenters. The van der Waals surface area contributed by atoms with Crippen molar-refractivity contribution in [1.82, 2.24) is 5.32 Å². The minimum absolute atomic E-state index is 0.0663. The average molecular weight is 342 g/mol. The average Bonchev–Trinajstić information content (AvgIpc) is 2.85. The van der Waals surface area contributed by atoms with Crippen molar-refractivity contribution in [3.8, 4) is 0 Å². The van der Waals surface area contributed by atoms with Crippen LogP contribution in [0.3, 0.4) is 0 Å². The molecule has 0 bridgehead atoms. The molecule has 4 heteroatoms. The molecular weight excluding hydrogens is 325 g/mol. The Labute approximate surface area is 126 Å². The van der Waals surface area contributed by atoms with Crippen molar-refractivity contribution >= 4 is 27.3 Å². The zero-order valence-electron chi connectivity index (χ0n) is 11.0. The third kappa shape index (κ3) is 3.44. The molecule has 1 N–H and O–H groups in total. The number of thiophene rings is 1. The summed E-state index contributed by atoms with van der Waals surface area (Å²) < 4.78 is 14.9. The van der Waals surface area contributed by atoms with E-state index >= 15 is 0 Å². The third-order valence-corrected chi connectivity index (χ3v) is 4.78. The molecule has 102 valence electrons. The molecule has 1 heterocycles. The van der Waals surface area contributed by atoms with Crippen molar-refractivity contribution in [2.24, 2.45) is 0 Å². The van der Waals surface area contributed by atoms with Crippen LogP contribution in [0, 0.1) is 5.82 Å². The van der Waals surface area contributed by atoms with E-state index in [1.807, 2.05) is 19.1 Å². The molecule has 1 nitrogen and oxygen atoms in total. The van der Waals surface area contributed by atoms with Crippen molar-refractivity contribution in [2.45, 2.75) is 26.3 Å². The number of nitrogens with one attached hydrogen (secondary N) is 1. The molecule has 0 fully saturated rings. The fourth-order valence-corrected chi connectivity index (χ4v) is 3.42. The lowest BCUT2D eigenvalue weighted by molar-refractivity contribution is 0.562. The lowest BCUT2D eigenvalue weighted by Crippen LogP contribution is -2.22. The summed E-state index contributed by atoms with van der Waals surface area (Å²) in [6, 6.07) is 9.41. The molecule has 0 aliphatic carbocycles. The van der Waals surface area contributed by atoms with Crippen LogP contribution in [0.15, 0.2) is 34.8 Å². The van der Waals surface area contributed by atoms with Crippen molar-refractivity contribution in [3.05, 3.63) is 55.9 Å². The van der Waals surface area contributed by atoms with Crippen molar-refractivity contribution in [2.75, 3.05) is 6.54 Å². The van der Waals surface area contributed by atoms with E-state index in [1.165, 1.54) is 15.8 Å². The first kappa shape index (κ1) is 14.7. The number of hydrogen-bond acceptors (Lipinski definition) is 2. The molecule has 0 aliphatic rings. The van der Waals surface area contributed by atoms with Gasteiger partial charge in [0.05, 0.1) is 6.04 Å². The van der Waals surface area contributed by atoms with Gasteiger partial charge in [-0.05, 0) is 37.2 Å². The van der Waals surface area contributed by atoms with Gasteiger partial charge in [-0.2, -0.15) is 0 Å². The van der Waals surface area contributed by atoms with E-state index in [-0.39, 0.29) is 11.9 Å². The van der Waals surface area contributed by atoms with Gasteiger partial charge in [-0.25, -0.2) is 4.39 Å². The van der Waals surface area contributed by atoms with E-state index in [4.69, 9.17) is 0 Å². The number of rotatable bonds is 5. The molecule has 2 rings (SSSR count). The molecule has 1 aromatic heterocycles. The second-order valence-electron chi connectivity index (χ2n) is 4.31. The molecule has 0 amide bonds. The van der Waals surface area contributed by atoms with Crippen LogP contribution in [0.4, 0.5) is 4.39 Å². The quantitative estimate of drug-likeness (QED) is 0.814. The topological polar surface area (TPSA) is 12.0 Å². The van der Waals surface area contributed by atoms with E-state index in [1.54, 1.807) is 11.3 Å². The van der Waals surface area contributed by atoms with Crippen LogP contribution in [-0.2, 0) is 6.42 Å². The number of halogens is 2. The van der Waals surface area contributed by atoms with E-state index in [0.29, 0.717) is 5.56 Å². The highest BCUT2D eigenvalue weighted by atomic mass is 79.9. The molecule has 2 aromatic rings. The van der Waals surface area contributed by atoms with Crippen molar-refractivity contribution < 1.29 is 4.39 Å². The first-order valence-electron chi connectivity index (χ1n) is 6.42. The zero-order valence-corrected chi connectivity index (χ0v) is 13.4. The molecule has 19 heavy (non-hydrogen) atoms. The molecule has 1 aromatic carbocycles. The SMILES string of the molecule is CCNC(c1ccc(CC)s1)c1ccc(Br)cc1F. The minimum Gasteiger partial charge on any atom is -0.306 e. The maximum absolute atomic E-state index is 14.1. The highest BCUT2D eigenvalue weighted by Crippen LogP contribution is 2.31. The third-order valence-electron chi connectivity index (χ3n) is 3.00. The van der Waals surface area contributed by atoms with Crippen LogP contribution < -0.4 is 5.32 Å². The van der Waals surface area contributed by atoms with Gasteiger partial charge in [0.1, 0.15) is 5.82 Å². The van der Waals surface area contributed by atoms with Gasteiger partial charge in [-0.3, -0.25) is 0 Å². The Bertz CT molecular complexity index is 553. The monoisotopic (exact) mass is 341 g/mol. The van der Waals surface area contributed by atoms with E-state index in [2.05, 4.69) is 40.3 Å². The second-order valence-corrected chi connectivity index (χ2v) is 6.43. The predicted octanol–water partition coefficient (Wildman–Crippen LogP) is 4.91. The normalized spacial score (nSPS) is 12.6. The van der Waals surface area contributed by atoms with Gasteiger partial charge in [-0.15, -0.1) is 11.3 Å². The van der Waals surface area contributed by atoms with Crippen LogP contribution in [-0.4, -0.2) is 6.54 Å². The second kappa shape index (κ2) is 6.64. The Morgan fingerprint density at radius 1 is 1.26 bits per heavy atom. The summed E-state index contributed by atoms with van der Waals surface area (Å²) in [6.45, 7) is 4.98. The first-order chi connectivity index (χ1) is 9.15. The van der Waals surface area contributed by atoms with Crippen molar-refractivity contribution in [3.63, 3.8) is 0 Å². The molecule has 0 aliphatic heterocycles. The summed E-state index contributed by atoms with van der Waals surface area (Å²) in [7, 11) is 0. The zero-order chi connectivity index (χ0) is 13.8. The van der Waals surface area contributed by atoms with Gasteiger partial charge in [0.2, 0.25) is 0 Å². The van der Waals surface area contributed by atoms with Gasteiger partial charge in [0, 0.05) is 19.8 Å². The molecule has 0 spiro atoms. The summed E-state index contributed by atoms with van der Waals surface area (Å²) in [5.41, 5.74) is 0.703. The fraction of sp³-hybridized carbons (Fsp3) is 0.333. The number of hydrogen-bond donors (Lipinski definition) is 1. The Morgan fingerprint density at radius 3 is 2.63 bits per heavy atom. The van der Waals surface area contributed by atoms with E-state index < -0.39 is 0 Å². The fourth-order valence-electron chi connectivity index (χ4n) is 2.04. The summed E-state index contributed by atoms with van der Waals surface area (Å²) in [6.07, 6.45) is 1.02. The smallest absolute Gasteiger partial charge is 0.129 e. The van der Waals surface area contributed by atoms with Gasteiger partial charge >= 0.3 is 0 Å². The lowest BCUT2D eigenvalue weighted by Gasteiger charge is -2.18. The maximum atomic E-state index is 14.1. The van der Waals surface area contributed by atoms with Gasteiger partial charge < -0.3 is 5.32 Å². The standard InChI is InChI=1S/C15H17BrFNS/c1-3-11-6-8-14(19-11)15(18-4-2)12-7-5-10(16)9-13(12)17/h5-9,15,18H,3-4H2,1-2H3. The first-order valence-corrected chi connectivity index (χ1v) is 8.03. The highest BCUT2D eigenvalue weighted by Gasteiger charge is 2.18. The van der Waals surface area contributed by atoms with Gasteiger partial charge in [0.15, 0.2) is 0 Å². The van der Waals surface area contributed by atoms with E-state index in [0.717, 1.165) is 17.4 Å². The minimum atomic E-state index is -0.174. The van der Waals surface area contributed by atoms with Crippen LogP contribution in [0.5, 0.6) is 0 Å². The van der Waals surface area contributed by atoms with Gasteiger partial charge in [0.25, 0.3) is 0 Å². The lowest BCUT2D eigenvalue weighted by atomic mass is 10.0. The molecule has 0 saturated heterocycles.